The minimum Gasteiger partial charge on any atom is -0.326 e. The van der Waals surface area contributed by atoms with Crippen molar-refractivity contribution in [3.8, 4) is 0 Å². The van der Waals surface area contributed by atoms with Gasteiger partial charge in [0.15, 0.2) is 5.03 Å². The Kier molecular flexibility index (Phi) is 5.92. The van der Waals surface area contributed by atoms with Gasteiger partial charge in [-0.15, -0.1) is 0 Å². The van der Waals surface area contributed by atoms with Crippen molar-refractivity contribution in [2.75, 3.05) is 20.1 Å². The molecule has 0 bridgehead atoms. The maximum atomic E-state index is 12.0. The van der Waals surface area contributed by atoms with Crippen molar-refractivity contribution in [3.63, 3.8) is 0 Å². The molecule has 0 atom stereocenters. The molecule has 0 amide bonds. The smallest absolute Gasteiger partial charge is 0.257 e. The summed E-state index contributed by atoms with van der Waals surface area (Å²) in [5.41, 5.74) is 5.95. The van der Waals surface area contributed by atoms with E-state index in [4.69, 9.17) is 5.73 Å². The topological polar surface area (TPSA) is 104 Å². The van der Waals surface area contributed by atoms with Crippen LogP contribution in [-0.4, -0.2) is 49.7 Å². The summed E-state index contributed by atoms with van der Waals surface area (Å²) in [6.45, 7) is 5.57. The number of H-pyrrole nitrogens is 1. The van der Waals surface area contributed by atoms with Crippen LogP contribution in [0, 0.1) is 0 Å². The SMILES string of the molecule is CC(C)N(C)CCCNS(=O)(=O)c1[nH]ncc1CN. The Bertz CT molecular complexity index is 483. The van der Waals surface area contributed by atoms with Gasteiger partial charge >= 0.3 is 0 Å². The van der Waals surface area contributed by atoms with Crippen molar-refractivity contribution < 1.29 is 8.42 Å². The van der Waals surface area contributed by atoms with E-state index >= 15 is 0 Å². The van der Waals surface area contributed by atoms with Gasteiger partial charge in [0.25, 0.3) is 10.0 Å². The van der Waals surface area contributed by atoms with Gasteiger partial charge in [-0.3, -0.25) is 5.10 Å². The van der Waals surface area contributed by atoms with Crippen molar-refractivity contribution in [2.45, 2.75) is 37.9 Å². The molecule has 4 N–H and O–H groups in total. The maximum Gasteiger partial charge on any atom is 0.257 e. The molecule has 1 aromatic rings. The summed E-state index contributed by atoms with van der Waals surface area (Å²) in [6.07, 6.45) is 2.18. The molecule has 19 heavy (non-hydrogen) atoms. The van der Waals surface area contributed by atoms with Crippen LogP contribution in [0.4, 0.5) is 0 Å². The highest BCUT2D eigenvalue weighted by Crippen LogP contribution is 2.10. The van der Waals surface area contributed by atoms with Crippen LogP contribution < -0.4 is 10.5 Å². The molecular formula is C11H23N5O2S. The minimum absolute atomic E-state index is 0.0622. The number of nitrogens with zero attached hydrogens (tertiary/aromatic N) is 2. The molecule has 0 aromatic carbocycles. The van der Waals surface area contributed by atoms with Gasteiger partial charge in [-0.1, -0.05) is 0 Å². The fourth-order valence-electron chi connectivity index (χ4n) is 1.54. The van der Waals surface area contributed by atoms with E-state index in [1.54, 1.807) is 0 Å². The molecule has 8 heteroatoms. The zero-order valence-corrected chi connectivity index (χ0v) is 12.5. The predicted octanol–water partition coefficient (Wildman–Crippen LogP) is -0.123. The number of rotatable bonds is 8. The molecule has 0 aliphatic rings. The Morgan fingerprint density at radius 2 is 2.21 bits per heavy atom. The second-order valence-corrected chi connectivity index (χ2v) is 6.46. The summed E-state index contributed by atoms with van der Waals surface area (Å²) in [7, 11) is -1.53. The lowest BCUT2D eigenvalue weighted by atomic mass is 10.3. The molecule has 0 saturated heterocycles. The number of hydrogen-bond acceptors (Lipinski definition) is 5. The van der Waals surface area contributed by atoms with Crippen LogP contribution in [0.15, 0.2) is 11.2 Å². The summed E-state index contributed by atoms with van der Waals surface area (Å²) in [6, 6.07) is 0.452. The van der Waals surface area contributed by atoms with Crippen LogP contribution >= 0.6 is 0 Å². The average molecular weight is 289 g/mol. The van der Waals surface area contributed by atoms with E-state index < -0.39 is 10.0 Å². The average Bonchev–Trinajstić information content (AvgIpc) is 2.83. The zero-order chi connectivity index (χ0) is 14.5. The van der Waals surface area contributed by atoms with E-state index in [1.165, 1.54) is 6.20 Å². The molecule has 110 valence electrons. The molecular weight excluding hydrogens is 266 g/mol. The summed E-state index contributed by atoms with van der Waals surface area (Å²) < 4.78 is 26.5. The minimum atomic E-state index is -3.54. The Labute approximate surface area is 114 Å². The Hall–Kier alpha value is -0.960. The molecule has 0 radical (unpaired) electrons. The highest BCUT2D eigenvalue weighted by Gasteiger charge is 2.19. The van der Waals surface area contributed by atoms with E-state index in [2.05, 4.69) is 33.7 Å². The summed E-state index contributed by atoms with van der Waals surface area (Å²) >= 11 is 0. The third-order valence-corrected chi connectivity index (χ3v) is 4.50. The Morgan fingerprint density at radius 1 is 1.53 bits per heavy atom. The maximum absolute atomic E-state index is 12.0. The van der Waals surface area contributed by atoms with Gasteiger partial charge in [0.2, 0.25) is 0 Å². The Balaban J connectivity index is 2.48. The summed E-state index contributed by atoms with van der Waals surface area (Å²) in [4.78, 5) is 2.16. The van der Waals surface area contributed by atoms with Gasteiger partial charge in [-0.25, -0.2) is 13.1 Å². The van der Waals surface area contributed by atoms with E-state index in [0.29, 0.717) is 18.2 Å². The van der Waals surface area contributed by atoms with Crippen molar-refractivity contribution in [1.29, 1.82) is 0 Å². The molecule has 1 heterocycles. The lowest BCUT2D eigenvalue weighted by Gasteiger charge is -2.20. The van der Waals surface area contributed by atoms with Gasteiger partial charge < -0.3 is 10.6 Å². The normalized spacial score (nSPS) is 12.5. The number of aromatic nitrogens is 2. The highest BCUT2D eigenvalue weighted by molar-refractivity contribution is 7.89. The lowest BCUT2D eigenvalue weighted by Crippen LogP contribution is -2.31. The van der Waals surface area contributed by atoms with E-state index in [9.17, 15) is 8.42 Å². The summed E-state index contributed by atoms with van der Waals surface area (Å²) in [5, 5.41) is 6.24. The predicted molar refractivity (Wildman–Crippen MR) is 74.1 cm³/mol. The van der Waals surface area contributed by atoms with Crippen LogP contribution in [0.5, 0.6) is 0 Å². The highest BCUT2D eigenvalue weighted by atomic mass is 32.2. The third kappa shape index (κ3) is 4.57. The van der Waals surface area contributed by atoms with Gasteiger partial charge in [-0.05, 0) is 33.9 Å². The lowest BCUT2D eigenvalue weighted by molar-refractivity contribution is 0.271. The zero-order valence-electron chi connectivity index (χ0n) is 11.7. The number of sulfonamides is 1. The van der Waals surface area contributed by atoms with Gasteiger partial charge in [0.1, 0.15) is 0 Å². The number of aromatic amines is 1. The van der Waals surface area contributed by atoms with Crippen LogP contribution in [0.25, 0.3) is 0 Å². The van der Waals surface area contributed by atoms with Gasteiger partial charge in [-0.2, -0.15) is 5.10 Å². The first kappa shape index (κ1) is 16.1. The van der Waals surface area contributed by atoms with E-state index in [0.717, 1.165) is 13.0 Å². The quantitative estimate of drug-likeness (QED) is 0.579. The van der Waals surface area contributed by atoms with E-state index in [1.807, 2.05) is 7.05 Å². The number of hydrogen-bond donors (Lipinski definition) is 3. The number of nitrogens with two attached hydrogens (primary N) is 1. The van der Waals surface area contributed by atoms with Crippen molar-refractivity contribution in [1.82, 2.24) is 19.8 Å². The molecule has 0 aliphatic carbocycles. The molecule has 0 spiro atoms. The second kappa shape index (κ2) is 6.99. The largest absolute Gasteiger partial charge is 0.326 e. The molecule has 1 aromatic heterocycles. The van der Waals surface area contributed by atoms with Crippen LogP contribution in [0.2, 0.25) is 0 Å². The molecule has 0 saturated carbocycles. The second-order valence-electron chi connectivity index (χ2n) is 4.75. The van der Waals surface area contributed by atoms with Crippen LogP contribution in [0.3, 0.4) is 0 Å². The molecule has 7 nitrogen and oxygen atoms in total. The Morgan fingerprint density at radius 3 is 2.79 bits per heavy atom. The molecule has 1 rings (SSSR count). The first-order valence-corrected chi connectivity index (χ1v) is 7.79. The fraction of sp³-hybridized carbons (Fsp3) is 0.727. The van der Waals surface area contributed by atoms with Gasteiger partial charge in [0, 0.05) is 24.7 Å². The van der Waals surface area contributed by atoms with E-state index in [-0.39, 0.29) is 11.6 Å². The van der Waals surface area contributed by atoms with Crippen LogP contribution in [0.1, 0.15) is 25.8 Å². The first-order valence-electron chi connectivity index (χ1n) is 6.30. The van der Waals surface area contributed by atoms with Gasteiger partial charge in [0.05, 0.1) is 6.20 Å². The monoisotopic (exact) mass is 289 g/mol. The van der Waals surface area contributed by atoms with Crippen molar-refractivity contribution in [2.24, 2.45) is 5.73 Å². The first-order chi connectivity index (χ1) is 8.88. The van der Waals surface area contributed by atoms with Crippen molar-refractivity contribution in [3.05, 3.63) is 11.8 Å². The molecule has 0 unspecified atom stereocenters. The van der Waals surface area contributed by atoms with Crippen molar-refractivity contribution >= 4 is 10.0 Å². The molecule has 0 fully saturated rings. The molecule has 0 aliphatic heterocycles. The fourth-order valence-corrected chi connectivity index (χ4v) is 2.75. The third-order valence-electron chi connectivity index (χ3n) is 3.03. The number of nitrogens with one attached hydrogen (secondary N) is 2. The summed E-state index contributed by atoms with van der Waals surface area (Å²) in [5.74, 6) is 0. The van der Waals surface area contributed by atoms with Crippen LogP contribution in [-0.2, 0) is 16.6 Å². The standard InChI is InChI=1S/C11H23N5O2S/c1-9(2)16(3)6-4-5-14-19(17,18)11-10(7-12)8-13-15-11/h8-9,14H,4-7,12H2,1-3H3,(H,13,15).